The Morgan fingerprint density at radius 3 is 2.94 bits per heavy atom. The average molecular weight is 292 g/mol. The summed E-state index contributed by atoms with van der Waals surface area (Å²) in [6.45, 7) is 2.09. The minimum Gasteiger partial charge on any atom is -0.323 e. The van der Waals surface area contributed by atoms with E-state index in [0.29, 0.717) is 0 Å². The first-order valence-corrected chi connectivity index (χ1v) is 6.58. The predicted molar refractivity (Wildman–Crippen MR) is 74.0 cm³/mol. The van der Waals surface area contributed by atoms with Gasteiger partial charge in [0.2, 0.25) is 0 Å². The van der Waals surface area contributed by atoms with Crippen LogP contribution in [0.2, 0.25) is 0 Å². The number of nitrogens with zero attached hydrogens (tertiary/aromatic N) is 1. The summed E-state index contributed by atoms with van der Waals surface area (Å²) >= 11 is 3.53. The van der Waals surface area contributed by atoms with Gasteiger partial charge in [0.15, 0.2) is 0 Å². The number of nitrogens with one attached hydrogen (secondary N) is 1. The summed E-state index contributed by atoms with van der Waals surface area (Å²) in [5.41, 5.74) is 8.64. The van der Waals surface area contributed by atoms with Crippen molar-refractivity contribution in [3.8, 4) is 0 Å². The van der Waals surface area contributed by atoms with Crippen LogP contribution in [0.4, 0.5) is 5.69 Å². The maximum absolute atomic E-state index is 5.70. The highest BCUT2D eigenvalue weighted by atomic mass is 79.9. The SMILES string of the molecule is Cc1cc(Br)cc2c(NN)c3c(nc12)CCC3. The highest BCUT2D eigenvalue weighted by molar-refractivity contribution is 9.10. The van der Waals surface area contributed by atoms with Crippen molar-refractivity contribution in [2.75, 3.05) is 5.43 Å². The summed E-state index contributed by atoms with van der Waals surface area (Å²) in [4.78, 5) is 4.79. The van der Waals surface area contributed by atoms with Gasteiger partial charge in [0, 0.05) is 15.6 Å². The third-order valence-electron chi connectivity index (χ3n) is 3.42. The maximum atomic E-state index is 5.70. The molecule has 88 valence electrons. The van der Waals surface area contributed by atoms with E-state index in [4.69, 9.17) is 10.8 Å². The van der Waals surface area contributed by atoms with Crippen LogP contribution in [0, 0.1) is 6.92 Å². The number of aromatic nitrogens is 1. The van der Waals surface area contributed by atoms with Gasteiger partial charge in [-0.2, -0.15) is 0 Å². The van der Waals surface area contributed by atoms with Gasteiger partial charge < -0.3 is 5.43 Å². The Balaban J connectivity index is 2.45. The van der Waals surface area contributed by atoms with Crippen LogP contribution in [0.25, 0.3) is 10.9 Å². The Labute approximate surface area is 109 Å². The second-order valence-electron chi connectivity index (χ2n) is 4.53. The molecular formula is C13H14BrN3. The molecule has 3 nitrogen and oxygen atoms in total. The molecule has 0 fully saturated rings. The molecule has 0 spiro atoms. The summed E-state index contributed by atoms with van der Waals surface area (Å²) in [5, 5.41) is 1.11. The summed E-state index contributed by atoms with van der Waals surface area (Å²) in [7, 11) is 0. The summed E-state index contributed by atoms with van der Waals surface area (Å²) < 4.78 is 1.07. The first kappa shape index (κ1) is 11.0. The van der Waals surface area contributed by atoms with Crippen LogP contribution in [0.5, 0.6) is 0 Å². The van der Waals surface area contributed by atoms with Crippen LogP contribution in [-0.4, -0.2) is 4.98 Å². The van der Waals surface area contributed by atoms with Crippen molar-refractivity contribution in [2.45, 2.75) is 26.2 Å². The van der Waals surface area contributed by atoms with Crippen molar-refractivity contribution in [3.05, 3.63) is 33.4 Å². The lowest BCUT2D eigenvalue weighted by Crippen LogP contribution is -2.11. The molecule has 0 bridgehead atoms. The van der Waals surface area contributed by atoms with E-state index >= 15 is 0 Å². The third-order valence-corrected chi connectivity index (χ3v) is 3.87. The van der Waals surface area contributed by atoms with E-state index in [1.54, 1.807) is 0 Å². The van der Waals surface area contributed by atoms with Gasteiger partial charge >= 0.3 is 0 Å². The molecule has 1 heterocycles. The normalized spacial score (nSPS) is 14.1. The van der Waals surface area contributed by atoms with Crippen LogP contribution in [0.15, 0.2) is 16.6 Å². The lowest BCUT2D eigenvalue weighted by molar-refractivity contribution is 0.901. The Bertz CT molecular complexity index is 607. The zero-order valence-electron chi connectivity index (χ0n) is 9.68. The standard InChI is InChI=1S/C13H14BrN3/c1-7-5-8(14)6-10-12(7)16-11-4-2-3-9(11)13(10)17-15/h5-6H,2-4,15H2,1H3,(H,16,17). The number of pyridine rings is 1. The second kappa shape index (κ2) is 3.96. The van der Waals surface area contributed by atoms with E-state index in [9.17, 15) is 0 Å². The number of hydrogen-bond donors (Lipinski definition) is 2. The van der Waals surface area contributed by atoms with Crippen LogP contribution in [0.1, 0.15) is 23.2 Å². The van der Waals surface area contributed by atoms with Gasteiger partial charge in [-0.3, -0.25) is 10.8 Å². The van der Waals surface area contributed by atoms with Crippen molar-refractivity contribution in [1.29, 1.82) is 0 Å². The number of benzene rings is 1. The van der Waals surface area contributed by atoms with E-state index in [2.05, 4.69) is 40.4 Å². The molecule has 4 heteroatoms. The minimum atomic E-state index is 1.05. The second-order valence-corrected chi connectivity index (χ2v) is 5.44. The number of anilines is 1. The van der Waals surface area contributed by atoms with Gasteiger partial charge in [-0.1, -0.05) is 15.9 Å². The predicted octanol–water partition coefficient (Wildman–Crippen LogP) is 3.08. The molecule has 1 aliphatic rings. The minimum absolute atomic E-state index is 1.05. The van der Waals surface area contributed by atoms with Crippen LogP contribution in [-0.2, 0) is 12.8 Å². The Morgan fingerprint density at radius 2 is 2.18 bits per heavy atom. The fourth-order valence-electron chi connectivity index (χ4n) is 2.66. The van der Waals surface area contributed by atoms with Crippen molar-refractivity contribution in [1.82, 2.24) is 4.98 Å². The average Bonchev–Trinajstić information content (AvgIpc) is 2.74. The van der Waals surface area contributed by atoms with Crippen LogP contribution in [0.3, 0.4) is 0 Å². The number of rotatable bonds is 1. The summed E-state index contributed by atoms with van der Waals surface area (Å²) in [6.07, 6.45) is 3.31. The number of aryl methyl sites for hydroxylation is 2. The molecule has 3 N–H and O–H groups in total. The van der Waals surface area contributed by atoms with Crippen LogP contribution >= 0.6 is 15.9 Å². The summed E-state index contributed by atoms with van der Waals surface area (Å²) in [6, 6.07) is 4.18. The molecule has 17 heavy (non-hydrogen) atoms. The molecule has 1 aromatic heterocycles. The molecule has 0 aliphatic heterocycles. The first-order chi connectivity index (χ1) is 8.20. The van der Waals surface area contributed by atoms with Gasteiger partial charge in [-0.25, -0.2) is 0 Å². The smallest absolute Gasteiger partial charge is 0.0756 e. The monoisotopic (exact) mass is 291 g/mol. The highest BCUT2D eigenvalue weighted by Gasteiger charge is 2.19. The van der Waals surface area contributed by atoms with Crippen molar-refractivity contribution >= 4 is 32.5 Å². The quantitative estimate of drug-likeness (QED) is 0.627. The number of nitrogens with two attached hydrogens (primary N) is 1. The first-order valence-electron chi connectivity index (χ1n) is 5.79. The number of nitrogen functional groups attached to an aromatic ring is 1. The van der Waals surface area contributed by atoms with Crippen molar-refractivity contribution in [2.24, 2.45) is 5.84 Å². The molecule has 2 aromatic rings. The molecule has 0 saturated carbocycles. The molecule has 3 rings (SSSR count). The molecule has 1 aliphatic carbocycles. The fourth-order valence-corrected chi connectivity index (χ4v) is 3.23. The van der Waals surface area contributed by atoms with E-state index in [1.807, 2.05) is 0 Å². The zero-order chi connectivity index (χ0) is 12.0. The number of hydrogen-bond acceptors (Lipinski definition) is 3. The molecule has 0 unspecified atom stereocenters. The lowest BCUT2D eigenvalue weighted by atomic mass is 10.0. The molecule has 1 aromatic carbocycles. The van der Waals surface area contributed by atoms with E-state index in [0.717, 1.165) is 33.9 Å². The molecule has 0 radical (unpaired) electrons. The van der Waals surface area contributed by atoms with Crippen molar-refractivity contribution in [3.63, 3.8) is 0 Å². The Kier molecular flexibility index (Phi) is 2.56. The van der Waals surface area contributed by atoms with Crippen LogP contribution < -0.4 is 11.3 Å². The molecular weight excluding hydrogens is 278 g/mol. The van der Waals surface area contributed by atoms with E-state index in [1.165, 1.54) is 23.2 Å². The zero-order valence-corrected chi connectivity index (χ0v) is 11.3. The van der Waals surface area contributed by atoms with Gasteiger partial charge in [0.25, 0.3) is 0 Å². The molecule has 0 atom stereocenters. The maximum Gasteiger partial charge on any atom is 0.0756 e. The van der Waals surface area contributed by atoms with Gasteiger partial charge in [-0.05, 0) is 49.4 Å². The topological polar surface area (TPSA) is 50.9 Å². The van der Waals surface area contributed by atoms with Gasteiger partial charge in [0.05, 0.1) is 11.2 Å². The number of hydrazine groups is 1. The summed E-state index contributed by atoms with van der Waals surface area (Å²) in [5.74, 6) is 5.70. The fraction of sp³-hybridized carbons (Fsp3) is 0.308. The van der Waals surface area contributed by atoms with E-state index < -0.39 is 0 Å². The van der Waals surface area contributed by atoms with Gasteiger partial charge in [0.1, 0.15) is 0 Å². The number of fused-ring (bicyclic) bond motifs is 2. The Morgan fingerprint density at radius 1 is 1.35 bits per heavy atom. The highest BCUT2D eigenvalue weighted by Crippen LogP contribution is 2.35. The van der Waals surface area contributed by atoms with E-state index in [-0.39, 0.29) is 0 Å². The van der Waals surface area contributed by atoms with Gasteiger partial charge in [-0.15, -0.1) is 0 Å². The largest absolute Gasteiger partial charge is 0.323 e. The third kappa shape index (κ3) is 1.63. The molecule has 0 amide bonds. The molecule has 0 saturated heterocycles. The lowest BCUT2D eigenvalue weighted by Gasteiger charge is -2.13. The Hall–Kier alpha value is -1.13. The number of halogens is 1. The van der Waals surface area contributed by atoms with Crippen molar-refractivity contribution < 1.29 is 0 Å².